The average Bonchev–Trinajstić information content (AvgIpc) is 2.85. The molecule has 0 aliphatic rings. The SMILES string of the molecule is C[C@H](NCc1cc(F)c(F)cc1F)c1cccs1. The number of benzene rings is 1. The zero-order chi connectivity index (χ0) is 13.1. The Labute approximate surface area is 107 Å². The van der Waals surface area contributed by atoms with Gasteiger partial charge < -0.3 is 5.32 Å². The number of thiophene rings is 1. The molecule has 0 aliphatic heterocycles. The van der Waals surface area contributed by atoms with Crippen LogP contribution in [0.15, 0.2) is 29.6 Å². The first-order valence-corrected chi connectivity index (χ1v) is 6.36. The summed E-state index contributed by atoms with van der Waals surface area (Å²) in [4.78, 5) is 1.11. The van der Waals surface area contributed by atoms with E-state index < -0.39 is 17.5 Å². The van der Waals surface area contributed by atoms with Gasteiger partial charge in [0.15, 0.2) is 11.6 Å². The Kier molecular flexibility index (Phi) is 4.04. The molecule has 0 spiro atoms. The van der Waals surface area contributed by atoms with Gasteiger partial charge in [0.25, 0.3) is 0 Å². The molecule has 1 heterocycles. The highest BCUT2D eigenvalue weighted by molar-refractivity contribution is 7.10. The van der Waals surface area contributed by atoms with Gasteiger partial charge in [-0.15, -0.1) is 11.3 Å². The molecule has 2 aromatic rings. The molecule has 0 radical (unpaired) electrons. The fourth-order valence-electron chi connectivity index (χ4n) is 1.60. The van der Waals surface area contributed by atoms with Gasteiger partial charge in [-0.25, -0.2) is 13.2 Å². The van der Waals surface area contributed by atoms with Crippen molar-refractivity contribution >= 4 is 11.3 Å². The third-order valence-corrected chi connectivity index (χ3v) is 3.71. The average molecular weight is 271 g/mol. The predicted molar refractivity (Wildman–Crippen MR) is 65.9 cm³/mol. The standard InChI is InChI=1S/C13H12F3NS/c1-8(13-3-2-4-18-13)17-7-9-5-11(15)12(16)6-10(9)14/h2-6,8,17H,7H2,1H3/t8-/m0/s1. The lowest BCUT2D eigenvalue weighted by Gasteiger charge is -2.12. The lowest BCUT2D eigenvalue weighted by atomic mass is 10.2. The second-order valence-electron chi connectivity index (χ2n) is 3.98. The van der Waals surface area contributed by atoms with Crippen LogP contribution in [0.5, 0.6) is 0 Å². The summed E-state index contributed by atoms with van der Waals surface area (Å²) in [6, 6.07) is 5.39. The van der Waals surface area contributed by atoms with Gasteiger partial charge in [-0.05, 0) is 24.4 Å². The molecule has 0 bridgehead atoms. The molecular weight excluding hydrogens is 259 g/mol. The topological polar surface area (TPSA) is 12.0 Å². The van der Waals surface area contributed by atoms with E-state index >= 15 is 0 Å². The van der Waals surface area contributed by atoms with Gasteiger partial charge in [-0.3, -0.25) is 0 Å². The molecule has 2 rings (SSSR count). The molecule has 0 saturated carbocycles. The predicted octanol–water partition coefficient (Wildman–Crippen LogP) is 4.02. The van der Waals surface area contributed by atoms with E-state index in [0.29, 0.717) is 6.07 Å². The lowest BCUT2D eigenvalue weighted by Crippen LogP contribution is -2.18. The van der Waals surface area contributed by atoms with Crippen LogP contribution in [-0.2, 0) is 6.54 Å². The Morgan fingerprint density at radius 1 is 1.17 bits per heavy atom. The first kappa shape index (κ1) is 13.1. The molecule has 0 unspecified atom stereocenters. The monoisotopic (exact) mass is 271 g/mol. The van der Waals surface area contributed by atoms with Crippen molar-refractivity contribution in [3.63, 3.8) is 0 Å². The maximum absolute atomic E-state index is 13.4. The van der Waals surface area contributed by atoms with Crippen LogP contribution in [0.3, 0.4) is 0 Å². The molecule has 1 N–H and O–H groups in total. The molecule has 1 aromatic heterocycles. The fraction of sp³-hybridized carbons (Fsp3) is 0.231. The van der Waals surface area contributed by atoms with Gasteiger partial charge in [0.2, 0.25) is 0 Å². The van der Waals surface area contributed by atoms with E-state index in [1.807, 2.05) is 24.4 Å². The van der Waals surface area contributed by atoms with Gasteiger partial charge in [0.1, 0.15) is 5.82 Å². The summed E-state index contributed by atoms with van der Waals surface area (Å²) >= 11 is 1.59. The Bertz CT molecular complexity index is 525. The Balaban J connectivity index is 2.04. The van der Waals surface area contributed by atoms with Crippen molar-refractivity contribution in [3.8, 4) is 0 Å². The highest BCUT2D eigenvalue weighted by Crippen LogP contribution is 2.19. The molecule has 18 heavy (non-hydrogen) atoms. The maximum Gasteiger partial charge on any atom is 0.161 e. The van der Waals surface area contributed by atoms with Crippen LogP contribution < -0.4 is 5.32 Å². The molecule has 1 atom stereocenters. The van der Waals surface area contributed by atoms with Crippen LogP contribution in [0, 0.1) is 17.5 Å². The largest absolute Gasteiger partial charge is 0.305 e. The third-order valence-electron chi connectivity index (χ3n) is 2.66. The van der Waals surface area contributed by atoms with Crippen molar-refractivity contribution in [1.82, 2.24) is 5.32 Å². The van der Waals surface area contributed by atoms with E-state index in [0.717, 1.165) is 10.9 Å². The van der Waals surface area contributed by atoms with Crippen LogP contribution in [-0.4, -0.2) is 0 Å². The normalized spacial score (nSPS) is 12.7. The minimum absolute atomic E-state index is 0.0394. The van der Waals surface area contributed by atoms with Crippen molar-refractivity contribution < 1.29 is 13.2 Å². The Hall–Kier alpha value is -1.33. The van der Waals surface area contributed by atoms with E-state index in [2.05, 4.69) is 5.32 Å². The Morgan fingerprint density at radius 2 is 1.89 bits per heavy atom. The minimum atomic E-state index is -1.16. The van der Waals surface area contributed by atoms with Gasteiger partial charge >= 0.3 is 0 Å². The molecule has 0 fully saturated rings. The highest BCUT2D eigenvalue weighted by Gasteiger charge is 2.11. The summed E-state index contributed by atoms with van der Waals surface area (Å²) in [5.74, 6) is -2.93. The second kappa shape index (κ2) is 5.54. The molecule has 0 amide bonds. The first-order chi connectivity index (χ1) is 8.58. The molecule has 1 aromatic carbocycles. The van der Waals surface area contributed by atoms with Crippen LogP contribution in [0.1, 0.15) is 23.4 Å². The molecular formula is C13H12F3NS. The first-order valence-electron chi connectivity index (χ1n) is 5.48. The van der Waals surface area contributed by atoms with Crippen LogP contribution >= 0.6 is 11.3 Å². The van der Waals surface area contributed by atoms with Crippen molar-refractivity contribution in [3.05, 3.63) is 57.5 Å². The van der Waals surface area contributed by atoms with Gasteiger partial charge in [-0.1, -0.05) is 6.07 Å². The highest BCUT2D eigenvalue weighted by atomic mass is 32.1. The summed E-state index contributed by atoms with van der Waals surface area (Å²) in [6.45, 7) is 2.09. The van der Waals surface area contributed by atoms with Crippen LogP contribution in [0.25, 0.3) is 0 Å². The maximum atomic E-state index is 13.4. The van der Waals surface area contributed by atoms with Crippen molar-refractivity contribution in [2.75, 3.05) is 0 Å². The van der Waals surface area contributed by atoms with E-state index in [1.165, 1.54) is 0 Å². The van der Waals surface area contributed by atoms with Crippen LogP contribution in [0.4, 0.5) is 13.2 Å². The van der Waals surface area contributed by atoms with E-state index in [1.54, 1.807) is 11.3 Å². The number of hydrogen-bond acceptors (Lipinski definition) is 2. The smallest absolute Gasteiger partial charge is 0.161 e. The lowest BCUT2D eigenvalue weighted by molar-refractivity contribution is 0.482. The molecule has 0 aliphatic carbocycles. The number of nitrogens with one attached hydrogen (secondary N) is 1. The summed E-state index contributed by atoms with van der Waals surface area (Å²) in [5.41, 5.74) is 0.123. The molecule has 0 saturated heterocycles. The summed E-state index contributed by atoms with van der Waals surface area (Å²) < 4.78 is 39.1. The van der Waals surface area contributed by atoms with E-state index in [-0.39, 0.29) is 18.2 Å². The van der Waals surface area contributed by atoms with Gasteiger partial charge in [0.05, 0.1) is 0 Å². The van der Waals surface area contributed by atoms with E-state index in [9.17, 15) is 13.2 Å². The third kappa shape index (κ3) is 2.91. The van der Waals surface area contributed by atoms with Crippen LogP contribution in [0.2, 0.25) is 0 Å². The minimum Gasteiger partial charge on any atom is -0.305 e. The van der Waals surface area contributed by atoms with Crippen molar-refractivity contribution in [2.45, 2.75) is 19.5 Å². The van der Waals surface area contributed by atoms with E-state index in [4.69, 9.17) is 0 Å². The number of hydrogen-bond donors (Lipinski definition) is 1. The van der Waals surface area contributed by atoms with Gasteiger partial charge in [-0.2, -0.15) is 0 Å². The zero-order valence-corrected chi connectivity index (χ0v) is 10.5. The molecule has 96 valence electrons. The quantitative estimate of drug-likeness (QED) is 0.828. The zero-order valence-electron chi connectivity index (χ0n) is 9.71. The van der Waals surface area contributed by atoms with Gasteiger partial charge in [0, 0.05) is 29.1 Å². The fourth-order valence-corrected chi connectivity index (χ4v) is 2.36. The summed E-state index contributed by atoms with van der Waals surface area (Å²) in [6.07, 6.45) is 0. The number of halogens is 3. The van der Waals surface area contributed by atoms with Crippen molar-refractivity contribution in [1.29, 1.82) is 0 Å². The Morgan fingerprint density at radius 3 is 2.56 bits per heavy atom. The number of rotatable bonds is 4. The molecule has 1 nitrogen and oxygen atoms in total. The summed E-state index contributed by atoms with van der Waals surface area (Å²) in [7, 11) is 0. The summed E-state index contributed by atoms with van der Waals surface area (Å²) in [5, 5.41) is 5.02. The van der Waals surface area contributed by atoms with Crippen molar-refractivity contribution in [2.24, 2.45) is 0 Å². The second-order valence-corrected chi connectivity index (χ2v) is 4.96. The molecule has 5 heteroatoms.